The summed E-state index contributed by atoms with van der Waals surface area (Å²) in [5.41, 5.74) is 4.09. The van der Waals surface area contributed by atoms with Crippen molar-refractivity contribution in [3.8, 4) is 0 Å². The summed E-state index contributed by atoms with van der Waals surface area (Å²) in [7, 11) is 0. The summed E-state index contributed by atoms with van der Waals surface area (Å²) in [4.78, 5) is 1.38. The maximum Gasteiger partial charge on any atom is 0.0561 e. The third-order valence-electron chi connectivity index (χ3n) is 2.88. The zero-order chi connectivity index (χ0) is 11.0. The number of nitrogens with zero attached hydrogens (tertiary/aromatic N) is 1. The first-order valence-corrected chi connectivity index (χ1v) is 6.21. The van der Waals surface area contributed by atoms with Crippen LogP contribution in [-0.2, 0) is 6.54 Å². The van der Waals surface area contributed by atoms with Gasteiger partial charge < -0.3 is 4.31 Å². The molecule has 0 radical (unpaired) electrons. The van der Waals surface area contributed by atoms with E-state index < -0.39 is 0 Å². The van der Waals surface area contributed by atoms with Crippen molar-refractivity contribution in [1.82, 2.24) is 0 Å². The number of para-hydroxylation sites is 1. The molecule has 2 heteroatoms. The van der Waals surface area contributed by atoms with Crippen molar-refractivity contribution in [3.63, 3.8) is 0 Å². The second-order valence-electron chi connectivity index (χ2n) is 4.02. The smallest absolute Gasteiger partial charge is 0.0561 e. The molecule has 0 spiro atoms. The normalized spacial score (nSPS) is 13.9. The summed E-state index contributed by atoms with van der Waals surface area (Å²) in [6.45, 7) is 3.17. The van der Waals surface area contributed by atoms with Gasteiger partial charge in [-0.15, -0.1) is 0 Å². The molecular formula is C14H13NS. The van der Waals surface area contributed by atoms with Crippen LogP contribution in [0.5, 0.6) is 0 Å². The SMILES string of the molecule is Cc1ccccc1N1Cc2ccccc2S1. The lowest BCUT2D eigenvalue weighted by Crippen LogP contribution is -2.08. The van der Waals surface area contributed by atoms with Crippen LogP contribution in [0.2, 0.25) is 0 Å². The van der Waals surface area contributed by atoms with E-state index in [1.807, 2.05) is 11.9 Å². The molecule has 0 bridgehead atoms. The zero-order valence-corrected chi connectivity index (χ0v) is 10.00. The minimum absolute atomic E-state index is 1.01. The highest BCUT2D eigenvalue weighted by molar-refractivity contribution is 8.01. The monoisotopic (exact) mass is 227 g/mol. The van der Waals surface area contributed by atoms with E-state index in [-0.39, 0.29) is 0 Å². The van der Waals surface area contributed by atoms with Crippen molar-refractivity contribution in [2.45, 2.75) is 18.4 Å². The molecule has 1 nitrogen and oxygen atoms in total. The lowest BCUT2D eigenvalue weighted by Gasteiger charge is -2.18. The van der Waals surface area contributed by atoms with Crippen molar-refractivity contribution >= 4 is 17.6 Å². The molecule has 2 aromatic rings. The largest absolute Gasteiger partial charge is 0.307 e. The van der Waals surface area contributed by atoms with Crippen molar-refractivity contribution < 1.29 is 0 Å². The van der Waals surface area contributed by atoms with Crippen LogP contribution in [0.3, 0.4) is 0 Å². The number of fused-ring (bicyclic) bond motifs is 1. The Morgan fingerprint density at radius 1 is 1.00 bits per heavy atom. The minimum atomic E-state index is 1.01. The molecule has 0 saturated heterocycles. The molecule has 0 amide bonds. The first kappa shape index (κ1) is 9.79. The molecule has 0 atom stereocenters. The first-order chi connectivity index (χ1) is 7.84. The molecule has 2 aromatic carbocycles. The van der Waals surface area contributed by atoms with Gasteiger partial charge in [0.05, 0.1) is 12.2 Å². The lowest BCUT2D eigenvalue weighted by atomic mass is 10.2. The van der Waals surface area contributed by atoms with Crippen molar-refractivity contribution in [1.29, 1.82) is 0 Å². The number of hydrogen-bond acceptors (Lipinski definition) is 2. The molecule has 0 fully saturated rings. The standard InChI is InChI=1S/C14H13NS/c1-11-6-2-4-8-13(11)15-10-12-7-3-5-9-14(12)16-15/h2-9H,10H2,1H3. The molecule has 1 aliphatic heterocycles. The van der Waals surface area contributed by atoms with E-state index >= 15 is 0 Å². The second-order valence-corrected chi connectivity index (χ2v) is 5.09. The maximum absolute atomic E-state index is 2.36. The third-order valence-corrected chi connectivity index (χ3v) is 4.02. The summed E-state index contributed by atoms with van der Waals surface area (Å²) in [6.07, 6.45) is 0. The van der Waals surface area contributed by atoms with E-state index in [2.05, 4.69) is 59.8 Å². The van der Waals surface area contributed by atoms with E-state index in [0.29, 0.717) is 0 Å². The summed E-state index contributed by atoms with van der Waals surface area (Å²) in [6, 6.07) is 17.2. The van der Waals surface area contributed by atoms with E-state index in [0.717, 1.165) is 6.54 Å². The Morgan fingerprint density at radius 3 is 2.56 bits per heavy atom. The van der Waals surface area contributed by atoms with Gasteiger partial charge in [-0.2, -0.15) is 0 Å². The predicted molar refractivity (Wildman–Crippen MR) is 69.7 cm³/mol. The van der Waals surface area contributed by atoms with Gasteiger partial charge in [-0.1, -0.05) is 36.4 Å². The van der Waals surface area contributed by atoms with E-state index in [9.17, 15) is 0 Å². The van der Waals surface area contributed by atoms with Crippen LogP contribution >= 0.6 is 11.9 Å². The van der Waals surface area contributed by atoms with Gasteiger partial charge in [-0.05, 0) is 42.1 Å². The van der Waals surface area contributed by atoms with Crippen LogP contribution in [0.25, 0.3) is 0 Å². The van der Waals surface area contributed by atoms with E-state index in [1.165, 1.54) is 21.7 Å². The van der Waals surface area contributed by atoms with Crippen molar-refractivity contribution in [2.75, 3.05) is 4.31 Å². The number of rotatable bonds is 1. The van der Waals surface area contributed by atoms with Crippen LogP contribution < -0.4 is 4.31 Å². The third kappa shape index (κ3) is 1.59. The average molecular weight is 227 g/mol. The fourth-order valence-electron chi connectivity index (χ4n) is 2.01. The van der Waals surface area contributed by atoms with Crippen LogP contribution in [0.15, 0.2) is 53.4 Å². The van der Waals surface area contributed by atoms with Gasteiger partial charge >= 0.3 is 0 Å². The van der Waals surface area contributed by atoms with Crippen LogP contribution in [0.1, 0.15) is 11.1 Å². The average Bonchev–Trinajstić information content (AvgIpc) is 2.73. The highest BCUT2D eigenvalue weighted by atomic mass is 32.2. The molecule has 0 N–H and O–H groups in total. The fourth-order valence-corrected chi connectivity index (χ4v) is 3.14. The molecule has 80 valence electrons. The van der Waals surface area contributed by atoms with Crippen molar-refractivity contribution in [3.05, 3.63) is 59.7 Å². The molecule has 16 heavy (non-hydrogen) atoms. The highest BCUT2D eigenvalue weighted by Crippen LogP contribution is 2.40. The minimum Gasteiger partial charge on any atom is -0.307 e. The van der Waals surface area contributed by atoms with Gasteiger partial charge in [0.2, 0.25) is 0 Å². The molecule has 1 heterocycles. The van der Waals surface area contributed by atoms with Gasteiger partial charge in [-0.25, -0.2) is 0 Å². The molecule has 1 aliphatic rings. The van der Waals surface area contributed by atoms with Crippen LogP contribution in [0.4, 0.5) is 5.69 Å². The highest BCUT2D eigenvalue weighted by Gasteiger charge is 2.20. The topological polar surface area (TPSA) is 3.24 Å². The zero-order valence-electron chi connectivity index (χ0n) is 9.18. The number of benzene rings is 2. The maximum atomic E-state index is 2.36. The Hall–Kier alpha value is -1.41. The van der Waals surface area contributed by atoms with Crippen LogP contribution in [-0.4, -0.2) is 0 Å². The first-order valence-electron chi connectivity index (χ1n) is 5.43. The van der Waals surface area contributed by atoms with E-state index in [4.69, 9.17) is 0 Å². The Balaban J connectivity index is 1.95. The Labute approximate surface area is 100 Å². The predicted octanol–water partition coefficient (Wildman–Crippen LogP) is 4.02. The fraction of sp³-hybridized carbons (Fsp3) is 0.143. The molecule has 0 aromatic heterocycles. The van der Waals surface area contributed by atoms with Crippen LogP contribution in [0, 0.1) is 6.92 Å². The molecule has 3 rings (SSSR count). The summed E-state index contributed by atoms with van der Waals surface area (Å²) < 4.78 is 2.36. The Bertz CT molecular complexity index is 497. The quantitative estimate of drug-likeness (QED) is 0.677. The van der Waals surface area contributed by atoms with Gasteiger partial charge in [-0.3, -0.25) is 0 Å². The number of aryl methyl sites for hydroxylation is 1. The van der Waals surface area contributed by atoms with Gasteiger partial charge in [0.25, 0.3) is 0 Å². The molecule has 0 aliphatic carbocycles. The van der Waals surface area contributed by atoms with E-state index in [1.54, 1.807) is 0 Å². The second kappa shape index (κ2) is 3.87. The van der Waals surface area contributed by atoms with Gasteiger partial charge in [0.1, 0.15) is 0 Å². The number of anilines is 1. The van der Waals surface area contributed by atoms with Gasteiger partial charge in [0.15, 0.2) is 0 Å². The Morgan fingerprint density at radius 2 is 1.75 bits per heavy atom. The summed E-state index contributed by atoms with van der Waals surface area (Å²) in [5, 5.41) is 0. The summed E-state index contributed by atoms with van der Waals surface area (Å²) in [5.74, 6) is 0. The van der Waals surface area contributed by atoms with Crippen molar-refractivity contribution in [2.24, 2.45) is 0 Å². The van der Waals surface area contributed by atoms with Gasteiger partial charge in [0, 0.05) is 4.90 Å². The molecule has 0 unspecified atom stereocenters. The lowest BCUT2D eigenvalue weighted by molar-refractivity contribution is 1.06. The molecular weight excluding hydrogens is 214 g/mol. The Kier molecular flexibility index (Phi) is 2.37. The summed E-state index contributed by atoms with van der Waals surface area (Å²) >= 11 is 1.84. The number of hydrogen-bond donors (Lipinski definition) is 0. The molecule has 0 saturated carbocycles.